The van der Waals surface area contributed by atoms with Crippen molar-refractivity contribution in [1.29, 1.82) is 0 Å². The zero-order valence-electron chi connectivity index (χ0n) is 9.12. The van der Waals surface area contributed by atoms with E-state index in [9.17, 15) is 4.21 Å². The van der Waals surface area contributed by atoms with E-state index >= 15 is 0 Å². The van der Waals surface area contributed by atoms with E-state index < -0.39 is 11.0 Å². The van der Waals surface area contributed by atoms with Crippen LogP contribution in [0.1, 0.15) is 38.0 Å². The van der Waals surface area contributed by atoms with Crippen molar-refractivity contribution in [3.05, 3.63) is 20.8 Å². The fourth-order valence-electron chi connectivity index (χ4n) is 1.51. The minimum atomic E-state index is -1.27. The first-order valence-electron chi connectivity index (χ1n) is 4.74. The highest BCUT2D eigenvalue weighted by Gasteiger charge is 2.27. The van der Waals surface area contributed by atoms with Gasteiger partial charge in [0.15, 0.2) is 0 Å². The summed E-state index contributed by atoms with van der Waals surface area (Å²) in [5.41, 5.74) is 0. The molecular formula is C10H16BrNOS2. The molecular weight excluding hydrogens is 294 g/mol. The van der Waals surface area contributed by atoms with Crippen molar-refractivity contribution in [2.24, 2.45) is 5.14 Å². The lowest BCUT2D eigenvalue weighted by Gasteiger charge is -2.24. The van der Waals surface area contributed by atoms with E-state index in [0.717, 1.165) is 10.2 Å². The molecule has 0 aliphatic heterocycles. The Morgan fingerprint density at radius 3 is 2.60 bits per heavy atom. The second kappa shape index (κ2) is 5.08. The van der Waals surface area contributed by atoms with Gasteiger partial charge in [0.05, 0.1) is 19.5 Å². The molecule has 0 radical (unpaired) electrons. The molecule has 0 spiro atoms. The van der Waals surface area contributed by atoms with Crippen LogP contribution in [-0.4, -0.2) is 8.96 Å². The predicted octanol–water partition coefficient (Wildman–Crippen LogP) is 3.41. The minimum absolute atomic E-state index is 0.324. The molecule has 2 N–H and O–H groups in total. The quantitative estimate of drug-likeness (QED) is 0.910. The largest absolute Gasteiger partial charge is 0.251 e. The predicted molar refractivity (Wildman–Crippen MR) is 71.5 cm³/mol. The number of nitrogens with two attached hydrogens (primary N) is 1. The van der Waals surface area contributed by atoms with E-state index in [1.54, 1.807) is 11.3 Å². The Hall–Kier alpha value is 0.290. The Balaban J connectivity index is 2.71. The molecule has 5 heteroatoms. The fourth-order valence-corrected chi connectivity index (χ4v) is 3.40. The van der Waals surface area contributed by atoms with Gasteiger partial charge in [-0.25, -0.2) is 4.21 Å². The number of thiophene rings is 1. The third-order valence-corrected chi connectivity index (χ3v) is 5.53. The van der Waals surface area contributed by atoms with Gasteiger partial charge in [-0.15, -0.1) is 11.3 Å². The van der Waals surface area contributed by atoms with E-state index in [1.165, 1.54) is 4.88 Å². The van der Waals surface area contributed by atoms with Crippen LogP contribution < -0.4 is 5.14 Å². The molecule has 2 atom stereocenters. The molecule has 1 aromatic heterocycles. The van der Waals surface area contributed by atoms with Gasteiger partial charge < -0.3 is 0 Å². The standard InChI is InChI=1S/C10H16BrNOS2/c1-7(6-10(2,3)15(12)13)8-4-5-9(11)14-8/h4-5,7H,6,12H2,1-3H3/t7-,15?/m1/s1. The Morgan fingerprint density at radius 2 is 2.20 bits per heavy atom. The summed E-state index contributed by atoms with van der Waals surface area (Å²) in [6.45, 7) is 6.04. The lowest BCUT2D eigenvalue weighted by atomic mass is 9.97. The highest BCUT2D eigenvalue weighted by Crippen LogP contribution is 2.34. The van der Waals surface area contributed by atoms with E-state index in [4.69, 9.17) is 5.14 Å². The summed E-state index contributed by atoms with van der Waals surface area (Å²) < 4.78 is 12.1. The van der Waals surface area contributed by atoms with Crippen LogP contribution >= 0.6 is 27.3 Å². The van der Waals surface area contributed by atoms with Gasteiger partial charge in [0.2, 0.25) is 0 Å². The first kappa shape index (κ1) is 13.4. The second-order valence-electron chi connectivity index (χ2n) is 4.30. The monoisotopic (exact) mass is 309 g/mol. The van der Waals surface area contributed by atoms with Crippen LogP contribution in [0.3, 0.4) is 0 Å². The lowest BCUT2D eigenvalue weighted by molar-refractivity contribution is 0.545. The Bertz CT molecular complexity index is 362. The maximum atomic E-state index is 11.3. The molecule has 0 saturated heterocycles. The SMILES string of the molecule is C[C@H](CC(C)(C)S(N)=O)c1ccc(Br)s1. The van der Waals surface area contributed by atoms with E-state index in [-0.39, 0.29) is 4.75 Å². The van der Waals surface area contributed by atoms with Crippen molar-refractivity contribution in [2.75, 3.05) is 0 Å². The Morgan fingerprint density at radius 1 is 1.60 bits per heavy atom. The molecule has 86 valence electrons. The summed E-state index contributed by atoms with van der Waals surface area (Å²) in [5.74, 6) is 0.392. The van der Waals surface area contributed by atoms with Gasteiger partial charge in [0.1, 0.15) is 0 Å². The molecule has 1 heterocycles. The summed E-state index contributed by atoms with van der Waals surface area (Å²) in [7, 11) is -1.27. The third kappa shape index (κ3) is 3.66. The normalized spacial score (nSPS) is 16.3. The fraction of sp³-hybridized carbons (Fsp3) is 0.600. The smallest absolute Gasteiger partial charge is 0.0945 e. The van der Waals surface area contributed by atoms with Gasteiger partial charge in [-0.2, -0.15) is 0 Å². The molecule has 0 aromatic carbocycles. The summed E-state index contributed by atoms with van der Waals surface area (Å²) in [4.78, 5) is 1.31. The Kier molecular flexibility index (Phi) is 4.52. The molecule has 0 bridgehead atoms. The van der Waals surface area contributed by atoms with Gasteiger partial charge in [-0.3, -0.25) is 5.14 Å². The van der Waals surface area contributed by atoms with Crippen LogP contribution in [-0.2, 0) is 11.0 Å². The molecule has 0 aliphatic carbocycles. The third-order valence-electron chi connectivity index (χ3n) is 2.42. The molecule has 15 heavy (non-hydrogen) atoms. The minimum Gasteiger partial charge on any atom is -0.251 e. The van der Waals surface area contributed by atoms with Gasteiger partial charge >= 0.3 is 0 Å². The van der Waals surface area contributed by atoms with Crippen molar-refractivity contribution in [1.82, 2.24) is 0 Å². The van der Waals surface area contributed by atoms with E-state index in [2.05, 4.69) is 28.9 Å². The zero-order chi connectivity index (χ0) is 11.6. The summed E-state index contributed by atoms with van der Waals surface area (Å²) in [6, 6.07) is 4.15. The van der Waals surface area contributed by atoms with E-state index in [0.29, 0.717) is 5.92 Å². The molecule has 1 unspecified atom stereocenters. The summed E-state index contributed by atoms with van der Waals surface area (Å²) in [6.07, 6.45) is 0.836. The topological polar surface area (TPSA) is 43.1 Å². The Labute approximate surface area is 106 Å². The van der Waals surface area contributed by atoms with Crippen molar-refractivity contribution >= 4 is 38.3 Å². The average molecular weight is 310 g/mol. The zero-order valence-corrected chi connectivity index (χ0v) is 12.3. The molecule has 0 saturated carbocycles. The van der Waals surface area contributed by atoms with Crippen LogP contribution in [0.4, 0.5) is 0 Å². The van der Waals surface area contributed by atoms with Crippen molar-refractivity contribution in [3.8, 4) is 0 Å². The van der Waals surface area contributed by atoms with Crippen LogP contribution in [0.25, 0.3) is 0 Å². The highest BCUT2D eigenvalue weighted by molar-refractivity contribution is 9.11. The first-order chi connectivity index (χ1) is 6.83. The van der Waals surface area contributed by atoms with Crippen LogP contribution in [0.5, 0.6) is 0 Å². The molecule has 2 nitrogen and oxygen atoms in total. The second-order valence-corrected chi connectivity index (χ2v) is 8.50. The number of hydrogen-bond acceptors (Lipinski definition) is 2. The number of rotatable bonds is 4. The van der Waals surface area contributed by atoms with Crippen molar-refractivity contribution in [3.63, 3.8) is 0 Å². The average Bonchev–Trinajstić information content (AvgIpc) is 2.50. The number of hydrogen-bond donors (Lipinski definition) is 1. The summed E-state index contributed by atoms with van der Waals surface area (Å²) in [5, 5.41) is 5.47. The van der Waals surface area contributed by atoms with Crippen molar-refractivity contribution in [2.45, 2.75) is 37.9 Å². The maximum absolute atomic E-state index is 11.3. The van der Waals surface area contributed by atoms with Gasteiger partial charge in [0, 0.05) is 4.88 Å². The molecule has 0 fully saturated rings. The first-order valence-corrected chi connectivity index (χ1v) is 7.56. The van der Waals surface area contributed by atoms with Crippen LogP contribution in [0.15, 0.2) is 15.9 Å². The molecule has 1 rings (SSSR count). The molecule has 1 aromatic rings. The number of halogens is 1. The highest BCUT2D eigenvalue weighted by atomic mass is 79.9. The van der Waals surface area contributed by atoms with E-state index in [1.807, 2.05) is 19.9 Å². The van der Waals surface area contributed by atoms with Gasteiger partial charge in [0.25, 0.3) is 0 Å². The van der Waals surface area contributed by atoms with Gasteiger partial charge in [-0.1, -0.05) is 6.92 Å². The maximum Gasteiger partial charge on any atom is 0.0945 e. The van der Waals surface area contributed by atoms with Gasteiger partial charge in [-0.05, 0) is 54.2 Å². The summed E-state index contributed by atoms with van der Waals surface area (Å²) >= 11 is 5.17. The van der Waals surface area contributed by atoms with Crippen LogP contribution in [0, 0.1) is 0 Å². The van der Waals surface area contributed by atoms with Crippen molar-refractivity contribution < 1.29 is 4.21 Å². The molecule has 0 aliphatic rings. The molecule has 0 amide bonds. The lowest BCUT2D eigenvalue weighted by Crippen LogP contribution is -2.33. The van der Waals surface area contributed by atoms with Crippen LogP contribution in [0.2, 0.25) is 0 Å².